The van der Waals surface area contributed by atoms with E-state index in [9.17, 15) is 19.5 Å². The zero-order valence-electron chi connectivity index (χ0n) is 29.1. The minimum absolute atomic E-state index is 0.112. The van der Waals surface area contributed by atoms with E-state index in [1.165, 1.54) is 18.1 Å². The number of ether oxygens (including phenoxy) is 2. The van der Waals surface area contributed by atoms with Crippen molar-refractivity contribution in [3.8, 4) is 17.2 Å². The van der Waals surface area contributed by atoms with Crippen molar-refractivity contribution in [1.29, 1.82) is 0 Å². The van der Waals surface area contributed by atoms with Crippen LogP contribution in [0.15, 0.2) is 101 Å². The molecule has 2 heterocycles. The number of allylic oxidation sites excluding steroid dienone is 2. The molecular weight excluding hydrogens is 797 g/mol. The molecule has 3 fully saturated rings. The molecule has 54 heavy (non-hydrogen) atoms. The number of phenols is 1. The average Bonchev–Trinajstić information content (AvgIpc) is 3.54. The molecule has 0 aromatic heterocycles. The van der Waals surface area contributed by atoms with Crippen molar-refractivity contribution in [3.05, 3.63) is 128 Å². The third-order valence-corrected chi connectivity index (χ3v) is 12.6. The maximum atomic E-state index is 15.5. The van der Waals surface area contributed by atoms with Gasteiger partial charge < -0.3 is 14.6 Å². The normalized spacial score (nSPS) is 25.9. The third kappa shape index (κ3) is 5.50. The van der Waals surface area contributed by atoms with Gasteiger partial charge in [0.15, 0.2) is 11.5 Å². The molecule has 4 amide bonds. The predicted octanol–water partition coefficient (Wildman–Crippen LogP) is 7.66. The van der Waals surface area contributed by atoms with E-state index in [-0.39, 0.29) is 47.7 Å². The van der Waals surface area contributed by atoms with Gasteiger partial charge in [0.25, 0.3) is 11.8 Å². The Bertz CT molecular complexity index is 2250. The molecule has 276 valence electrons. The van der Waals surface area contributed by atoms with Crippen LogP contribution in [0.25, 0.3) is 0 Å². The standard InChI is InChI=1S/C41H34BrCl2N3O7/c1-53-25-11-8-23(9-12-25)41-29(38(50)47(40(41)52)45-32-15-10-24(43)18-31(32)44)19-28-26(35(41)22-16-30(42)36(48)33(17-22)54-2)13-14-27-34(28)39(51)46(37(27)49)20-21-6-4-3-5-7-21/h3-13,15-18,27-29,34-35,45,48H,14,19-20H2,1-2H3. The Morgan fingerprint density at radius 2 is 1.63 bits per heavy atom. The molecule has 4 aliphatic rings. The number of carbonyl (C=O) groups excluding carboxylic acids is 4. The Labute approximate surface area is 329 Å². The van der Waals surface area contributed by atoms with Gasteiger partial charge in [0, 0.05) is 10.9 Å². The number of nitrogens with zero attached hydrogens (tertiary/aromatic N) is 2. The van der Waals surface area contributed by atoms with Crippen LogP contribution in [0.4, 0.5) is 5.69 Å². The number of hydrogen-bond acceptors (Lipinski definition) is 8. The number of imide groups is 2. The summed E-state index contributed by atoms with van der Waals surface area (Å²) in [5.41, 5.74) is 4.43. The molecule has 1 saturated carbocycles. The second-order valence-corrected chi connectivity index (χ2v) is 15.7. The third-order valence-electron chi connectivity index (χ3n) is 11.5. The maximum absolute atomic E-state index is 15.5. The highest BCUT2D eigenvalue weighted by Crippen LogP contribution is 2.65. The minimum atomic E-state index is -1.57. The van der Waals surface area contributed by atoms with Crippen molar-refractivity contribution in [2.24, 2.45) is 23.7 Å². The smallest absolute Gasteiger partial charge is 0.260 e. The average molecular weight is 832 g/mol. The summed E-state index contributed by atoms with van der Waals surface area (Å²) in [6, 6.07) is 24.5. The number of likely N-dealkylation sites (tertiary alicyclic amines) is 1. The number of methoxy groups -OCH3 is 2. The van der Waals surface area contributed by atoms with Crippen molar-refractivity contribution < 1.29 is 33.8 Å². The van der Waals surface area contributed by atoms with Crippen molar-refractivity contribution in [3.63, 3.8) is 0 Å². The summed E-state index contributed by atoms with van der Waals surface area (Å²) >= 11 is 16.2. The molecule has 6 unspecified atom stereocenters. The number of aromatic hydroxyl groups is 1. The van der Waals surface area contributed by atoms with E-state index in [1.807, 2.05) is 36.4 Å². The van der Waals surface area contributed by atoms with Crippen molar-refractivity contribution >= 4 is 68.4 Å². The fourth-order valence-corrected chi connectivity index (χ4v) is 10.0. The summed E-state index contributed by atoms with van der Waals surface area (Å²) in [5, 5.41) is 12.5. The van der Waals surface area contributed by atoms with Crippen LogP contribution in [-0.4, -0.2) is 52.9 Å². The Balaban J connectivity index is 1.33. The first-order valence-corrected chi connectivity index (χ1v) is 18.9. The van der Waals surface area contributed by atoms with Crippen molar-refractivity contribution in [1.82, 2.24) is 9.91 Å². The van der Waals surface area contributed by atoms with Crippen LogP contribution in [0, 0.1) is 23.7 Å². The number of fused-ring (bicyclic) bond motifs is 4. The molecule has 2 aliphatic carbocycles. The molecule has 6 atom stereocenters. The fraction of sp³-hybridized carbons (Fsp3) is 0.268. The quantitative estimate of drug-likeness (QED) is 0.137. The lowest BCUT2D eigenvalue weighted by molar-refractivity contribution is -0.142. The van der Waals surface area contributed by atoms with Crippen LogP contribution >= 0.6 is 39.1 Å². The lowest BCUT2D eigenvalue weighted by Gasteiger charge is -2.50. The number of benzene rings is 4. The lowest BCUT2D eigenvalue weighted by Crippen LogP contribution is -2.53. The van der Waals surface area contributed by atoms with E-state index in [0.29, 0.717) is 32.1 Å². The molecule has 8 rings (SSSR count). The van der Waals surface area contributed by atoms with Gasteiger partial charge in [-0.15, -0.1) is 0 Å². The van der Waals surface area contributed by atoms with Crippen LogP contribution < -0.4 is 14.9 Å². The summed E-state index contributed by atoms with van der Waals surface area (Å²) in [6.45, 7) is 0.134. The van der Waals surface area contributed by atoms with E-state index < -0.39 is 46.8 Å². The SMILES string of the molecule is COc1ccc(C23C(=O)N(Nc4ccc(Cl)cc4Cl)C(=O)C2CC2C(=CCC4C(=O)N(Cc5ccccc5)C(=O)C42)C3c2cc(Br)c(O)c(OC)c2)cc1. The van der Waals surface area contributed by atoms with E-state index >= 15 is 4.79 Å². The zero-order chi connectivity index (χ0) is 38.1. The first-order chi connectivity index (χ1) is 26.0. The largest absolute Gasteiger partial charge is 0.503 e. The minimum Gasteiger partial charge on any atom is -0.503 e. The maximum Gasteiger partial charge on any atom is 0.260 e. The summed E-state index contributed by atoms with van der Waals surface area (Å²) in [4.78, 5) is 60.2. The molecule has 4 aromatic rings. The van der Waals surface area contributed by atoms with Gasteiger partial charge in [0.1, 0.15) is 5.75 Å². The molecule has 0 radical (unpaired) electrons. The summed E-state index contributed by atoms with van der Waals surface area (Å²) in [5.74, 6) is -4.85. The van der Waals surface area contributed by atoms with Gasteiger partial charge in [-0.1, -0.05) is 77.3 Å². The number of amides is 4. The molecule has 0 bridgehead atoms. The van der Waals surface area contributed by atoms with Crippen LogP contribution in [0.2, 0.25) is 10.0 Å². The van der Waals surface area contributed by atoms with E-state index in [4.69, 9.17) is 32.7 Å². The van der Waals surface area contributed by atoms with Crippen LogP contribution in [0.5, 0.6) is 17.2 Å². The van der Waals surface area contributed by atoms with Crippen molar-refractivity contribution in [2.75, 3.05) is 19.6 Å². The Morgan fingerprint density at radius 3 is 2.31 bits per heavy atom. The number of carbonyl (C=O) groups is 4. The van der Waals surface area contributed by atoms with Gasteiger partial charge in [0.2, 0.25) is 11.8 Å². The topological polar surface area (TPSA) is 125 Å². The van der Waals surface area contributed by atoms with Gasteiger partial charge >= 0.3 is 0 Å². The molecule has 2 saturated heterocycles. The number of anilines is 1. The second kappa shape index (κ2) is 13.8. The lowest BCUT2D eigenvalue weighted by atomic mass is 9.49. The Kier molecular flexibility index (Phi) is 9.23. The number of halogens is 3. The summed E-state index contributed by atoms with van der Waals surface area (Å²) in [7, 11) is 2.97. The van der Waals surface area contributed by atoms with Crippen LogP contribution in [-0.2, 0) is 31.1 Å². The Hall–Kier alpha value is -4.84. The van der Waals surface area contributed by atoms with E-state index in [2.05, 4.69) is 21.4 Å². The van der Waals surface area contributed by atoms with Gasteiger partial charge in [0.05, 0.1) is 59.1 Å². The second-order valence-electron chi connectivity index (χ2n) is 14.0. The number of hydrazine groups is 1. The molecule has 13 heteroatoms. The number of hydrogen-bond donors (Lipinski definition) is 2. The van der Waals surface area contributed by atoms with Crippen LogP contribution in [0.3, 0.4) is 0 Å². The molecular formula is C41H34BrCl2N3O7. The molecule has 10 nitrogen and oxygen atoms in total. The number of nitrogens with one attached hydrogen (secondary N) is 1. The van der Waals surface area contributed by atoms with E-state index in [1.54, 1.807) is 55.6 Å². The van der Waals surface area contributed by atoms with E-state index in [0.717, 1.165) is 16.1 Å². The molecule has 0 spiro atoms. The fourth-order valence-electron chi connectivity index (χ4n) is 9.12. The number of rotatable bonds is 8. The monoisotopic (exact) mass is 829 g/mol. The highest BCUT2D eigenvalue weighted by atomic mass is 79.9. The predicted molar refractivity (Wildman–Crippen MR) is 205 cm³/mol. The highest BCUT2D eigenvalue weighted by molar-refractivity contribution is 9.10. The van der Waals surface area contributed by atoms with Crippen LogP contribution in [0.1, 0.15) is 35.4 Å². The summed E-state index contributed by atoms with van der Waals surface area (Å²) < 4.78 is 11.4. The zero-order valence-corrected chi connectivity index (χ0v) is 32.2. The molecule has 2 aliphatic heterocycles. The molecule has 4 aromatic carbocycles. The first kappa shape index (κ1) is 36.2. The van der Waals surface area contributed by atoms with Gasteiger partial charge in [-0.2, -0.15) is 5.01 Å². The number of phenolic OH excluding ortho intramolecular Hbond substituents is 1. The highest BCUT2D eigenvalue weighted by Gasteiger charge is 2.70. The van der Waals surface area contributed by atoms with Gasteiger partial charge in [-0.25, -0.2) is 0 Å². The van der Waals surface area contributed by atoms with Gasteiger partial charge in [-0.3, -0.25) is 29.5 Å². The summed E-state index contributed by atoms with van der Waals surface area (Å²) in [6.07, 6.45) is 2.36. The Morgan fingerprint density at radius 1 is 0.889 bits per heavy atom. The molecule has 2 N–H and O–H groups in total. The first-order valence-electron chi connectivity index (χ1n) is 17.4. The van der Waals surface area contributed by atoms with Gasteiger partial charge in [-0.05, 0) is 93.8 Å². The van der Waals surface area contributed by atoms with Crippen molar-refractivity contribution in [2.45, 2.75) is 30.7 Å².